The Morgan fingerprint density at radius 1 is 1.17 bits per heavy atom. The molecule has 0 spiro atoms. The molecule has 1 heterocycles. The van der Waals surface area contributed by atoms with Gasteiger partial charge in [-0.15, -0.1) is 24.8 Å². The molecule has 1 aliphatic rings. The Kier molecular flexibility index (Phi) is 8.61. The molecule has 1 aromatic rings. The van der Waals surface area contributed by atoms with Crippen LogP contribution in [0.25, 0.3) is 0 Å². The summed E-state index contributed by atoms with van der Waals surface area (Å²) in [6, 6.07) is 6.00. The van der Waals surface area contributed by atoms with Crippen molar-refractivity contribution in [1.82, 2.24) is 10.2 Å². The molecule has 1 aromatic carbocycles. The smallest absolute Gasteiger partial charge is 0.0454 e. The summed E-state index contributed by atoms with van der Waals surface area (Å²) in [6.45, 7) is 6.39. The van der Waals surface area contributed by atoms with Crippen LogP contribution in [0.1, 0.15) is 18.5 Å². The maximum absolute atomic E-state index is 6.21. The molecule has 0 unspecified atom stereocenters. The van der Waals surface area contributed by atoms with Crippen LogP contribution in [0.3, 0.4) is 0 Å². The monoisotopic (exact) mass is 330 g/mol. The molecule has 1 atom stereocenters. The molecule has 1 N–H and O–H groups in total. The number of nitrogens with one attached hydrogen (secondary N) is 1. The van der Waals surface area contributed by atoms with Crippen LogP contribution in [0.5, 0.6) is 0 Å². The fourth-order valence-corrected chi connectivity index (χ4v) is 2.56. The van der Waals surface area contributed by atoms with Crippen LogP contribution in [0.2, 0.25) is 10.0 Å². The summed E-state index contributed by atoms with van der Waals surface area (Å²) in [5.41, 5.74) is 1.12. The van der Waals surface area contributed by atoms with E-state index in [0.717, 1.165) is 41.8 Å². The summed E-state index contributed by atoms with van der Waals surface area (Å²) >= 11 is 12.2. The SMILES string of the molecule is C[C@@H](c1cc(Cl)ccc1Cl)N1CCNCC1.Cl.Cl. The van der Waals surface area contributed by atoms with Crippen LogP contribution in [-0.2, 0) is 0 Å². The van der Waals surface area contributed by atoms with Gasteiger partial charge in [0.05, 0.1) is 0 Å². The average Bonchev–Trinajstić information content (AvgIpc) is 2.32. The number of rotatable bonds is 2. The molecule has 2 rings (SSSR count). The first-order valence-electron chi connectivity index (χ1n) is 5.58. The van der Waals surface area contributed by atoms with Gasteiger partial charge >= 0.3 is 0 Å². The van der Waals surface area contributed by atoms with Crippen LogP contribution in [0.4, 0.5) is 0 Å². The van der Waals surface area contributed by atoms with E-state index in [0.29, 0.717) is 6.04 Å². The van der Waals surface area contributed by atoms with E-state index >= 15 is 0 Å². The first-order valence-corrected chi connectivity index (χ1v) is 6.34. The number of halogens is 4. The third-order valence-electron chi connectivity index (χ3n) is 3.11. The van der Waals surface area contributed by atoms with Crippen molar-refractivity contribution in [3.63, 3.8) is 0 Å². The molecular formula is C12H18Cl4N2. The molecule has 6 heteroatoms. The number of hydrogen-bond acceptors (Lipinski definition) is 2. The predicted octanol–water partition coefficient (Wildman–Crippen LogP) is 3.80. The second kappa shape index (κ2) is 8.47. The minimum Gasteiger partial charge on any atom is -0.314 e. The van der Waals surface area contributed by atoms with Crippen molar-refractivity contribution in [3.8, 4) is 0 Å². The Balaban J connectivity index is 0.00000144. The average molecular weight is 332 g/mol. The van der Waals surface area contributed by atoms with Gasteiger partial charge in [0.1, 0.15) is 0 Å². The van der Waals surface area contributed by atoms with Gasteiger partial charge < -0.3 is 5.32 Å². The van der Waals surface area contributed by atoms with Crippen LogP contribution < -0.4 is 5.32 Å². The number of benzene rings is 1. The maximum Gasteiger partial charge on any atom is 0.0454 e. The summed E-state index contributed by atoms with van der Waals surface area (Å²) in [5.74, 6) is 0. The van der Waals surface area contributed by atoms with Crippen molar-refractivity contribution in [3.05, 3.63) is 33.8 Å². The molecule has 0 aliphatic carbocycles. The normalized spacial score (nSPS) is 17.5. The van der Waals surface area contributed by atoms with E-state index < -0.39 is 0 Å². The van der Waals surface area contributed by atoms with E-state index in [1.165, 1.54) is 0 Å². The van der Waals surface area contributed by atoms with E-state index in [1.807, 2.05) is 18.2 Å². The Morgan fingerprint density at radius 3 is 2.39 bits per heavy atom. The lowest BCUT2D eigenvalue weighted by molar-refractivity contribution is 0.185. The van der Waals surface area contributed by atoms with E-state index in [1.54, 1.807) is 0 Å². The van der Waals surface area contributed by atoms with Gasteiger partial charge in [0.15, 0.2) is 0 Å². The fourth-order valence-electron chi connectivity index (χ4n) is 2.10. The molecule has 2 nitrogen and oxygen atoms in total. The molecule has 0 radical (unpaired) electrons. The van der Waals surface area contributed by atoms with E-state index in [-0.39, 0.29) is 24.8 Å². The van der Waals surface area contributed by atoms with E-state index in [4.69, 9.17) is 23.2 Å². The third kappa shape index (κ3) is 4.44. The van der Waals surface area contributed by atoms with Crippen molar-refractivity contribution in [2.24, 2.45) is 0 Å². The third-order valence-corrected chi connectivity index (χ3v) is 3.69. The quantitative estimate of drug-likeness (QED) is 0.886. The summed E-state index contributed by atoms with van der Waals surface area (Å²) in [4.78, 5) is 2.42. The van der Waals surface area contributed by atoms with Crippen LogP contribution in [0, 0.1) is 0 Å². The van der Waals surface area contributed by atoms with Crippen molar-refractivity contribution < 1.29 is 0 Å². The molecule has 0 bridgehead atoms. The summed E-state index contributed by atoms with van der Waals surface area (Å²) < 4.78 is 0. The first-order chi connectivity index (χ1) is 7.68. The van der Waals surface area contributed by atoms with Crippen LogP contribution in [-0.4, -0.2) is 31.1 Å². The molecule has 1 fully saturated rings. The largest absolute Gasteiger partial charge is 0.314 e. The fraction of sp³-hybridized carbons (Fsp3) is 0.500. The predicted molar refractivity (Wildman–Crippen MR) is 83.8 cm³/mol. The summed E-state index contributed by atoms with van der Waals surface area (Å²) in [5, 5.41) is 4.90. The zero-order chi connectivity index (χ0) is 11.5. The molecule has 0 amide bonds. The van der Waals surface area contributed by atoms with Gasteiger partial charge in [0, 0.05) is 42.3 Å². The van der Waals surface area contributed by atoms with Gasteiger partial charge in [0.2, 0.25) is 0 Å². The van der Waals surface area contributed by atoms with Gasteiger partial charge in [0.25, 0.3) is 0 Å². The lowest BCUT2D eigenvalue weighted by Gasteiger charge is -2.33. The van der Waals surface area contributed by atoms with Crippen molar-refractivity contribution in [1.29, 1.82) is 0 Å². The molecule has 1 aliphatic heterocycles. The first kappa shape index (κ1) is 18.3. The lowest BCUT2D eigenvalue weighted by atomic mass is 10.1. The second-order valence-corrected chi connectivity index (χ2v) is 4.97. The Hall–Kier alpha value is 0.300. The highest BCUT2D eigenvalue weighted by Crippen LogP contribution is 2.29. The Morgan fingerprint density at radius 2 is 1.78 bits per heavy atom. The van der Waals surface area contributed by atoms with Crippen molar-refractivity contribution in [2.45, 2.75) is 13.0 Å². The van der Waals surface area contributed by atoms with Gasteiger partial charge in [-0.2, -0.15) is 0 Å². The van der Waals surface area contributed by atoms with Gasteiger partial charge in [-0.3, -0.25) is 4.90 Å². The highest BCUT2D eigenvalue weighted by atomic mass is 35.5. The van der Waals surface area contributed by atoms with Gasteiger partial charge in [-0.25, -0.2) is 0 Å². The Bertz CT molecular complexity index is 367. The van der Waals surface area contributed by atoms with Gasteiger partial charge in [-0.05, 0) is 30.7 Å². The highest BCUT2D eigenvalue weighted by Gasteiger charge is 2.19. The standard InChI is InChI=1S/C12H16Cl2N2.2ClH/c1-9(16-6-4-15-5-7-16)11-8-10(13)2-3-12(11)14;;/h2-3,8-9,15H,4-7H2,1H3;2*1H/t9-;;/m0../s1. The summed E-state index contributed by atoms with van der Waals surface area (Å²) in [6.07, 6.45) is 0. The van der Waals surface area contributed by atoms with Crippen LogP contribution in [0.15, 0.2) is 18.2 Å². The van der Waals surface area contributed by atoms with Gasteiger partial charge in [-0.1, -0.05) is 23.2 Å². The highest BCUT2D eigenvalue weighted by molar-refractivity contribution is 6.33. The number of piperazine rings is 1. The topological polar surface area (TPSA) is 15.3 Å². The molecule has 1 saturated heterocycles. The summed E-state index contributed by atoms with van der Waals surface area (Å²) in [7, 11) is 0. The molecule has 0 aromatic heterocycles. The minimum absolute atomic E-state index is 0. The molecule has 0 saturated carbocycles. The molecule has 18 heavy (non-hydrogen) atoms. The maximum atomic E-state index is 6.21. The molecular weight excluding hydrogens is 314 g/mol. The zero-order valence-corrected chi connectivity index (χ0v) is 13.3. The van der Waals surface area contributed by atoms with Crippen LogP contribution >= 0.6 is 48.0 Å². The second-order valence-electron chi connectivity index (χ2n) is 4.13. The van der Waals surface area contributed by atoms with E-state index in [9.17, 15) is 0 Å². The minimum atomic E-state index is 0. The number of hydrogen-bond donors (Lipinski definition) is 1. The molecule has 104 valence electrons. The Labute approximate surface area is 131 Å². The van der Waals surface area contributed by atoms with E-state index in [2.05, 4.69) is 17.1 Å². The lowest BCUT2D eigenvalue weighted by Crippen LogP contribution is -2.44. The zero-order valence-electron chi connectivity index (χ0n) is 10.2. The number of nitrogens with zero attached hydrogens (tertiary/aromatic N) is 1. The van der Waals surface area contributed by atoms with Crippen molar-refractivity contribution >= 4 is 48.0 Å². The van der Waals surface area contributed by atoms with Crippen molar-refractivity contribution in [2.75, 3.05) is 26.2 Å².